The molecule has 180 valence electrons. The Morgan fingerprint density at radius 1 is 1.03 bits per heavy atom. The van der Waals surface area contributed by atoms with Crippen LogP contribution in [0.3, 0.4) is 0 Å². The zero-order valence-electron chi connectivity index (χ0n) is 19.1. The normalized spacial score (nSPS) is 12.3. The predicted molar refractivity (Wildman–Crippen MR) is 133 cm³/mol. The zero-order valence-corrected chi connectivity index (χ0v) is 21.4. The molecule has 0 saturated carbocycles. The molecule has 0 bridgehead atoms. The fraction of sp³-hybridized carbons (Fsp3) is 0.391. The summed E-state index contributed by atoms with van der Waals surface area (Å²) in [5.74, 6) is -0.613. The quantitative estimate of drug-likeness (QED) is 0.520. The number of sulfonamides is 1. The lowest BCUT2D eigenvalue weighted by Gasteiger charge is -2.31. The second-order valence-electron chi connectivity index (χ2n) is 8.19. The number of anilines is 1. The first kappa shape index (κ1) is 27.0. The van der Waals surface area contributed by atoms with Gasteiger partial charge in [0.2, 0.25) is 21.8 Å². The monoisotopic (exact) mass is 513 g/mol. The van der Waals surface area contributed by atoms with Crippen molar-refractivity contribution in [3.63, 3.8) is 0 Å². The fourth-order valence-corrected chi connectivity index (χ4v) is 4.52. The minimum atomic E-state index is -3.86. The van der Waals surface area contributed by atoms with Gasteiger partial charge in [0.05, 0.1) is 17.0 Å². The van der Waals surface area contributed by atoms with Crippen molar-refractivity contribution >= 4 is 50.7 Å². The predicted octanol–water partition coefficient (Wildman–Crippen LogP) is 3.95. The van der Waals surface area contributed by atoms with Gasteiger partial charge >= 0.3 is 0 Å². The average Bonchev–Trinajstić information content (AvgIpc) is 2.74. The summed E-state index contributed by atoms with van der Waals surface area (Å²) in [4.78, 5) is 27.5. The molecule has 33 heavy (non-hydrogen) atoms. The highest BCUT2D eigenvalue weighted by Gasteiger charge is 2.30. The SMILES string of the molecule is CC(C)CNC(=O)[C@H](C)N(Cc1ccccc1)C(=O)CN(c1ccc(Cl)cc1Cl)S(C)(=O)=O. The molecule has 1 atom stereocenters. The molecule has 2 rings (SSSR count). The maximum Gasteiger partial charge on any atom is 0.244 e. The highest BCUT2D eigenvalue weighted by Crippen LogP contribution is 2.30. The molecule has 0 fully saturated rings. The highest BCUT2D eigenvalue weighted by molar-refractivity contribution is 7.92. The largest absolute Gasteiger partial charge is 0.354 e. The van der Waals surface area contributed by atoms with Crippen LogP contribution in [0.4, 0.5) is 5.69 Å². The third-order valence-corrected chi connectivity index (χ3v) is 6.57. The molecule has 0 aromatic heterocycles. The molecule has 0 spiro atoms. The average molecular weight is 514 g/mol. The van der Waals surface area contributed by atoms with Crippen molar-refractivity contribution in [1.29, 1.82) is 0 Å². The van der Waals surface area contributed by atoms with Gasteiger partial charge in [-0.15, -0.1) is 0 Å². The van der Waals surface area contributed by atoms with Crippen LogP contribution in [0.25, 0.3) is 0 Å². The van der Waals surface area contributed by atoms with Crippen LogP contribution < -0.4 is 9.62 Å². The van der Waals surface area contributed by atoms with E-state index in [4.69, 9.17) is 23.2 Å². The number of benzene rings is 2. The summed E-state index contributed by atoms with van der Waals surface area (Å²) in [6.45, 7) is 5.65. The first-order chi connectivity index (χ1) is 15.4. The third kappa shape index (κ3) is 7.91. The van der Waals surface area contributed by atoms with Crippen LogP contribution in [-0.2, 0) is 26.2 Å². The summed E-state index contributed by atoms with van der Waals surface area (Å²) >= 11 is 12.2. The number of hydrogen-bond acceptors (Lipinski definition) is 4. The van der Waals surface area contributed by atoms with Crippen LogP contribution in [-0.4, -0.2) is 50.5 Å². The van der Waals surface area contributed by atoms with Gasteiger partial charge in [0.1, 0.15) is 12.6 Å². The molecular formula is C23H29Cl2N3O4S. The maximum atomic E-state index is 13.4. The Morgan fingerprint density at radius 2 is 1.67 bits per heavy atom. The molecule has 0 unspecified atom stereocenters. The summed E-state index contributed by atoms with van der Waals surface area (Å²) in [6, 6.07) is 12.7. The molecule has 0 aliphatic heterocycles. The standard InChI is InChI=1S/C23H29Cl2N3O4S/c1-16(2)13-26-23(30)17(3)27(14-18-8-6-5-7-9-18)22(29)15-28(33(4,31)32)21-11-10-19(24)12-20(21)25/h5-12,16-17H,13-15H2,1-4H3,(H,26,30)/t17-/m0/s1. The molecule has 2 aromatic carbocycles. The fourth-order valence-electron chi connectivity index (χ4n) is 3.09. The van der Waals surface area contributed by atoms with Gasteiger partial charge in [-0.2, -0.15) is 0 Å². The van der Waals surface area contributed by atoms with E-state index in [-0.39, 0.29) is 29.1 Å². The van der Waals surface area contributed by atoms with Crippen LogP contribution in [0.2, 0.25) is 10.0 Å². The maximum absolute atomic E-state index is 13.4. The van der Waals surface area contributed by atoms with Crippen molar-refractivity contribution < 1.29 is 18.0 Å². The lowest BCUT2D eigenvalue weighted by Crippen LogP contribution is -2.51. The zero-order chi connectivity index (χ0) is 24.8. The van der Waals surface area contributed by atoms with Gasteiger partial charge < -0.3 is 10.2 Å². The minimum Gasteiger partial charge on any atom is -0.354 e. The molecule has 7 nitrogen and oxygen atoms in total. The van der Waals surface area contributed by atoms with Gasteiger partial charge in [-0.1, -0.05) is 67.4 Å². The second-order valence-corrected chi connectivity index (χ2v) is 10.9. The van der Waals surface area contributed by atoms with Gasteiger partial charge in [-0.05, 0) is 36.6 Å². The van der Waals surface area contributed by atoms with E-state index in [9.17, 15) is 18.0 Å². The van der Waals surface area contributed by atoms with Crippen molar-refractivity contribution in [1.82, 2.24) is 10.2 Å². The molecule has 2 amide bonds. The summed E-state index contributed by atoms with van der Waals surface area (Å²) in [7, 11) is -3.86. The van der Waals surface area contributed by atoms with E-state index >= 15 is 0 Å². The Bertz CT molecular complexity index is 1080. The second kappa shape index (κ2) is 11.7. The molecular weight excluding hydrogens is 485 g/mol. The van der Waals surface area contributed by atoms with E-state index in [1.807, 2.05) is 44.2 Å². The van der Waals surface area contributed by atoms with Gasteiger partial charge in [0, 0.05) is 18.1 Å². The smallest absolute Gasteiger partial charge is 0.244 e. The third-order valence-electron chi connectivity index (χ3n) is 4.91. The number of carbonyl (C=O) groups is 2. The first-order valence-electron chi connectivity index (χ1n) is 10.4. The number of hydrogen-bond donors (Lipinski definition) is 1. The van der Waals surface area contributed by atoms with Gasteiger partial charge in [-0.3, -0.25) is 13.9 Å². The Kier molecular flexibility index (Phi) is 9.57. The minimum absolute atomic E-state index is 0.0954. The van der Waals surface area contributed by atoms with Gasteiger partial charge in [0.25, 0.3) is 0 Å². The number of amides is 2. The topological polar surface area (TPSA) is 86.8 Å². The van der Waals surface area contributed by atoms with Crippen molar-refractivity contribution in [3.8, 4) is 0 Å². The molecule has 0 radical (unpaired) electrons. The molecule has 0 heterocycles. The van der Waals surface area contributed by atoms with Gasteiger partial charge in [0.15, 0.2) is 0 Å². The Morgan fingerprint density at radius 3 is 2.21 bits per heavy atom. The lowest BCUT2D eigenvalue weighted by atomic mass is 10.1. The molecule has 1 N–H and O–H groups in total. The van der Waals surface area contributed by atoms with Crippen molar-refractivity contribution in [2.24, 2.45) is 5.92 Å². The molecule has 0 aliphatic rings. The Balaban J connectivity index is 2.37. The van der Waals surface area contributed by atoms with Crippen molar-refractivity contribution in [2.45, 2.75) is 33.4 Å². The number of carbonyl (C=O) groups excluding carboxylic acids is 2. The van der Waals surface area contributed by atoms with E-state index in [0.29, 0.717) is 11.6 Å². The van der Waals surface area contributed by atoms with E-state index < -0.39 is 28.5 Å². The Labute approximate surface area is 205 Å². The van der Waals surface area contributed by atoms with Crippen molar-refractivity contribution in [2.75, 3.05) is 23.7 Å². The summed E-state index contributed by atoms with van der Waals surface area (Å²) in [5, 5.41) is 3.27. The van der Waals surface area contributed by atoms with Crippen LogP contribution in [0, 0.1) is 5.92 Å². The molecule has 0 saturated heterocycles. The van der Waals surface area contributed by atoms with E-state index in [2.05, 4.69) is 5.32 Å². The number of halogens is 2. The number of rotatable bonds is 10. The molecule has 0 aliphatic carbocycles. The van der Waals surface area contributed by atoms with Crippen LogP contribution in [0.15, 0.2) is 48.5 Å². The Hall–Kier alpha value is -2.29. The summed E-state index contributed by atoms with van der Waals surface area (Å²) < 4.78 is 26.0. The van der Waals surface area contributed by atoms with Crippen LogP contribution >= 0.6 is 23.2 Å². The summed E-state index contributed by atoms with van der Waals surface area (Å²) in [6.07, 6.45) is 0.992. The number of nitrogens with zero attached hydrogens (tertiary/aromatic N) is 2. The van der Waals surface area contributed by atoms with E-state index in [1.54, 1.807) is 6.92 Å². The first-order valence-corrected chi connectivity index (χ1v) is 13.0. The van der Waals surface area contributed by atoms with Crippen LogP contribution in [0.5, 0.6) is 0 Å². The van der Waals surface area contributed by atoms with E-state index in [0.717, 1.165) is 16.1 Å². The lowest BCUT2D eigenvalue weighted by molar-refractivity contribution is -0.139. The van der Waals surface area contributed by atoms with Gasteiger partial charge in [-0.25, -0.2) is 8.42 Å². The number of nitrogens with one attached hydrogen (secondary N) is 1. The highest BCUT2D eigenvalue weighted by atomic mass is 35.5. The van der Waals surface area contributed by atoms with Crippen molar-refractivity contribution in [3.05, 3.63) is 64.1 Å². The van der Waals surface area contributed by atoms with E-state index in [1.165, 1.54) is 23.1 Å². The molecule has 2 aromatic rings. The summed E-state index contributed by atoms with van der Waals surface area (Å²) in [5.41, 5.74) is 0.943. The van der Waals surface area contributed by atoms with Crippen LogP contribution in [0.1, 0.15) is 26.3 Å². The molecule has 10 heteroatoms.